The van der Waals surface area contributed by atoms with Gasteiger partial charge in [-0.3, -0.25) is 4.79 Å². The molecular formula is C10H8ClNO. The van der Waals surface area contributed by atoms with Crippen molar-refractivity contribution in [1.29, 1.82) is 0 Å². The molecule has 1 N–H and O–H groups in total. The molecule has 66 valence electrons. The summed E-state index contributed by atoms with van der Waals surface area (Å²) < 4.78 is 0. The average Bonchev–Trinajstić information content (AvgIpc) is 2.79. The summed E-state index contributed by atoms with van der Waals surface area (Å²) in [5, 5.41) is 3.63. The van der Waals surface area contributed by atoms with E-state index in [4.69, 9.17) is 11.6 Å². The first-order chi connectivity index (χ1) is 6.21. The minimum atomic E-state index is -0.0169. The van der Waals surface area contributed by atoms with Crippen molar-refractivity contribution >= 4 is 17.5 Å². The number of hydrogen-bond donors (Lipinski definition) is 1. The molecule has 0 saturated heterocycles. The fourth-order valence-corrected chi connectivity index (χ4v) is 2.17. The number of carbonyl (C=O) groups excluding carboxylic acids is 1. The number of hydrogen-bond acceptors (Lipinski definition) is 1. The third kappa shape index (κ3) is 0.866. The van der Waals surface area contributed by atoms with Crippen molar-refractivity contribution in [2.24, 2.45) is 0 Å². The summed E-state index contributed by atoms with van der Waals surface area (Å²) >= 11 is 5.82. The van der Waals surface area contributed by atoms with Gasteiger partial charge in [0.2, 0.25) is 0 Å². The van der Waals surface area contributed by atoms with E-state index in [9.17, 15) is 4.79 Å². The zero-order valence-corrected chi connectivity index (χ0v) is 7.69. The molecule has 3 rings (SSSR count). The first-order valence-electron chi connectivity index (χ1n) is 4.34. The van der Waals surface area contributed by atoms with Gasteiger partial charge in [0.25, 0.3) is 5.91 Å². The Balaban J connectivity index is 2.25. The van der Waals surface area contributed by atoms with Crippen LogP contribution in [0.3, 0.4) is 0 Å². The van der Waals surface area contributed by atoms with E-state index in [1.54, 1.807) is 6.07 Å². The largest absolute Gasteiger partial charge is 0.342 e. The predicted molar refractivity (Wildman–Crippen MR) is 49.8 cm³/mol. The zero-order chi connectivity index (χ0) is 9.05. The number of benzene rings is 1. The summed E-state index contributed by atoms with van der Waals surface area (Å²) in [4.78, 5) is 11.5. The minimum absolute atomic E-state index is 0.0169. The molecule has 0 radical (unpaired) electrons. The van der Waals surface area contributed by atoms with Gasteiger partial charge in [0.05, 0.1) is 5.54 Å². The first kappa shape index (κ1) is 7.39. The topological polar surface area (TPSA) is 29.1 Å². The van der Waals surface area contributed by atoms with Gasteiger partial charge in [-0.15, -0.1) is 0 Å². The molecule has 1 aromatic carbocycles. The molecule has 2 nitrogen and oxygen atoms in total. The summed E-state index contributed by atoms with van der Waals surface area (Å²) in [6, 6.07) is 5.56. The molecular weight excluding hydrogens is 186 g/mol. The lowest BCUT2D eigenvalue weighted by Gasteiger charge is -2.06. The SMILES string of the molecule is O=C1NC2(CC2)c2ccc(Cl)cc21. The van der Waals surface area contributed by atoms with Crippen LogP contribution in [0.15, 0.2) is 18.2 Å². The molecule has 1 saturated carbocycles. The third-order valence-electron chi connectivity index (χ3n) is 2.84. The molecule has 2 aliphatic rings. The highest BCUT2D eigenvalue weighted by Gasteiger charge is 2.51. The molecule has 0 aromatic heterocycles. The normalized spacial score (nSPS) is 21.5. The summed E-state index contributed by atoms with van der Waals surface area (Å²) in [7, 11) is 0. The molecule has 1 fully saturated rings. The second-order valence-corrected chi connectivity index (χ2v) is 4.16. The van der Waals surface area contributed by atoms with Crippen LogP contribution in [0.4, 0.5) is 0 Å². The van der Waals surface area contributed by atoms with Gasteiger partial charge in [-0.25, -0.2) is 0 Å². The lowest BCUT2D eigenvalue weighted by molar-refractivity contribution is 0.0952. The second-order valence-electron chi connectivity index (χ2n) is 3.73. The number of amides is 1. The van der Waals surface area contributed by atoms with Crippen LogP contribution in [0.2, 0.25) is 5.02 Å². The fourth-order valence-electron chi connectivity index (χ4n) is 1.99. The lowest BCUT2D eigenvalue weighted by atomic mass is 10.0. The third-order valence-corrected chi connectivity index (χ3v) is 3.08. The molecule has 13 heavy (non-hydrogen) atoms. The minimum Gasteiger partial charge on any atom is -0.342 e. The Morgan fingerprint density at radius 3 is 2.85 bits per heavy atom. The van der Waals surface area contributed by atoms with Crippen molar-refractivity contribution < 1.29 is 4.79 Å². The average molecular weight is 194 g/mol. The van der Waals surface area contributed by atoms with Crippen molar-refractivity contribution in [3.8, 4) is 0 Å². The smallest absolute Gasteiger partial charge is 0.252 e. The number of rotatable bonds is 0. The Bertz CT molecular complexity index is 409. The Labute approximate surface area is 80.9 Å². The van der Waals surface area contributed by atoms with E-state index in [-0.39, 0.29) is 11.4 Å². The quantitative estimate of drug-likeness (QED) is 0.672. The van der Waals surface area contributed by atoms with Gasteiger partial charge < -0.3 is 5.32 Å². The van der Waals surface area contributed by atoms with Crippen molar-refractivity contribution in [2.45, 2.75) is 18.4 Å². The van der Waals surface area contributed by atoms with E-state index < -0.39 is 0 Å². The molecule has 0 atom stereocenters. The Hall–Kier alpha value is -1.02. The van der Waals surface area contributed by atoms with Gasteiger partial charge in [-0.05, 0) is 30.5 Å². The highest BCUT2D eigenvalue weighted by Crippen LogP contribution is 2.50. The van der Waals surface area contributed by atoms with Crippen LogP contribution in [-0.2, 0) is 5.54 Å². The molecule has 1 aliphatic heterocycles. The van der Waals surface area contributed by atoms with Crippen molar-refractivity contribution in [2.75, 3.05) is 0 Å². The van der Waals surface area contributed by atoms with Crippen molar-refractivity contribution in [1.82, 2.24) is 5.32 Å². The maximum Gasteiger partial charge on any atom is 0.252 e. The molecule has 1 amide bonds. The van der Waals surface area contributed by atoms with Crippen LogP contribution in [0, 0.1) is 0 Å². The maximum absolute atomic E-state index is 11.5. The molecule has 0 unspecified atom stereocenters. The molecule has 1 aliphatic carbocycles. The summed E-state index contributed by atoms with van der Waals surface area (Å²) in [6.45, 7) is 0. The summed E-state index contributed by atoms with van der Waals surface area (Å²) in [5.41, 5.74) is 1.86. The molecule has 1 heterocycles. The lowest BCUT2D eigenvalue weighted by Crippen LogP contribution is -2.25. The van der Waals surface area contributed by atoms with E-state index in [2.05, 4.69) is 5.32 Å². The summed E-state index contributed by atoms with van der Waals surface area (Å²) in [5.74, 6) is 0.0231. The molecule has 0 bridgehead atoms. The molecule has 1 spiro atoms. The van der Waals surface area contributed by atoms with Crippen LogP contribution in [0.1, 0.15) is 28.8 Å². The van der Waals surface area contributed by atoms with Gasteiger partial charge in [-0.2, -0.15) is 0 Å². The van der Waals surface area contributed by atoms with E-state index >= 15 is 0 Å². The van der Waals surface area contributed by atoms with Gasteiger partial charge in [0.15, 0.2) is 0 Å². The van der Waals surface area contributed by atoms with Gasteiger partial charge in [-0.1, -0.05) is 17.7 Å². The van der Waals surface area contributed by atoms with E-state index in [1.807, 2.05) is 12.1 Å². The predicted octanol–water partition coefficient (Wildman–Crippen LogP) is 2.07. The van der Waals surface area contributed by atoms with E-state index in [1.165, 1.54) is 0 Å². The molecule has 3 heteroatoms. The van der Waals surface area contributed by atoms with Crippen LogP contribution in [0.25, 0.3) is 0 Å². The monoisotopic (exact) mass is 193 g/mol. The first-order valence-corrected chi connectivity index (χ1v) is 4.72. The Kier molecular flexibility index (Phi) is 1.18. The van der Waals surface area contributed by atoms with E-state index in [0.29, 0.717) is 5.02 Å². The Morgan fingerprint density at radius 1 is 1.38 bits per heavy atom. The van der Waals surface area contributed by atoms with Gasteiger partial charge in [0.1, 0.15) is 0 Å². The highest BCUT2D eigenvalue weighted by molar-refractivity contribution is 6.31. The van der Waals surface area contributed by atoms with Crippen LogP contribution in [0.5, 0.6) is 0 Å². The van der Waals surface area contributed by atoms with Crippen molar-refractivity contribution in [3.05, 3.63) is 34.3 Å². The summed E-state index contributed by atoms with van der Waals surface area (Å²) in [6.07, 6.45) is 2.13. The van der Waals surface area contributed by atoms with E-state index in [0.717, 1.165) is 24.0 Å². The van der Waals surface area contributed by atoms with Crippen LogP contribution < -0.4 is 5.32 Å². The van der Waals surface area contributed by atoms with Crippen LogP contribution >= 0.6 is 11.6 Å². The Morgan fingerprint density at radius 2 is 2.15 bits per heavy atom. The standard InChI is InChI=1S/C10H8ClNO/c11-6-1-2-8-7(5-6)9(13)12-10(8)3-4-10/h1-2,5H,3-4H2,(H,12,13). The number of fused-ring (bicyclic) bond motifs is 2. The zero-order valence-electron chi connectivity index (χ0n) is 6.93. The fraction of sp³-hybridized carbons (Fsp3) is 0.300. The number of halogens is 1. The van der Waals surface area contributed by atoms with Crippen molar-refractivity contribution in [3.63, 3.8) is 0 Å². The van der Waals surface area contributed by atoms with Crippen LogP contribution in [-0.4, -0.2) is 5.91 Å². The highest BCUT2D eigenvalue weighted by atomic mass is 35.5. The second kappa shape index (κ2) is 2.07. The molecule has 1 aromatic rings. The number of carbonyl (C=O) groups is 1. The van der Waals surface area contributed by atoms with Gasteiger partial charge in [0, 0.05) is 10.6 Å². The van der Waals surface area contributed by atoms with Gasteiger partial charge >= 0.3 is 0 Å². The maximum atomic E-state index is 11.5. The number of nitrogens with one attached hydrogen (secondary N) is 1.